The monoisotopic (exact) mass is 427 g/mol. The van der Waals surface area contributed by atoms with Gasteiger partial charge in [-0.2, -0.15) is 4.80 Å². The van der Waals surface area contributed by atoms with Crippen molar-refractivity contribution in [3.63, 3.8) is 0 Å². The number of hydrogen-bond acceptors (Lipinski definition) is 7. The van der Waals surface area contributed by atoms with Gasteiger partial charge < -0.3 is 9.80 Å². The van der Waals surface area contributed by atoms with Crippen LogP contribution in [0.3, 0.4) is 0 Å². The minimum atomic E-state index is -0.388. The highest BCUT2D eigenvalue weighted by Crippen LogP contribution is 2.28. The Hall–Kier alpha value is -3.53. The number of nitro benzene ring substituents is 1. The van der Waals surface area contributed by atoms with Crippen LogP contribution in [0.2, 0.25) is 5.02 Å². The number of tetrazole rings is 1. The molecule has 0 atom stereocenters. The maximum atomic E-state index is 12.6. The highest BCUT2D eigenvalue weighted by Gasteiger charge is 2.26. The van der Waals surface area contributed by atoms with Gasteiger partial charge >= 0.3 is 0 Å². The van der Waals surface area contributed by atoms with Gasteiger partial charge in [-0.05, 0) is 23.4 Å². The van der Waals surface area contributed by atoms with E-state index in [1.807, 2.05) is 11.0 Å². The lowest BCUT2D eigenvalue weighted by Crippen LogP contribution is -2.49. The van der Waals surface area contributed by atoms with E-state index >= 15 is 0 Å². The molecule has 1 amide bonds. The number of hydrogen-bond donors (Lipinski definition) is 0. The lowest BCUT2D eigenvalue weighted by Gasteiger charge is -2.35. The second kappa shape index (κ2) is 8.46. The first-order chi connectivity index (χ1) is 14.5. The van der Waals surface area contributed by atoms with Crippen molar-refractivity contribution in [3.05, 3.63) is 63.7 Å². The lowest BCUT2D eigenvalue weighted by molar-refractivity contribution is -0.384. The molecule has 2 aromatic carbocycles. The van der Waals surface area contributed by atoms with E-state index in [1.54, 1.807) is 41.3 Å². The maximum absolute atomic E-state index is 12.6. The number of anilines is 1. The number of nitro groups is 1. The molecule has 0 aliphatic carbocycles. The molecule has 0 spiro atoms. The number of benzene rings is 2. The number of halogens is 1. The molecular weight excluding hydrogens is 410 g/mol. The largest absolute Gasteiger partial charge is 0.362 e. The van der Waals surface area contributed by atoms with Crippen LogP contribution in [0.25, 0.3) is 11.4 Å². The maximum Gasteiger partial charge on any atom is 0.292 e. The van der Waals surface area contributed by atoms with E-state index < -0.39 is 0 Å². The first-order valence-electron chi connectivity index (χ1n) is 9.31. The molecule has 1 aliphatic heterocycles. The van der Waals surface area contributed by atoms with Gasteiger partial charge in [-0.1, -0.05) is 35.9 Å². The quantitative estimate of drug-likeness (QED) is 0.453. The van der Waals surface area contributed by atoms with Crippen molar-refractivity contribution in [2.45, 2.75) is 6.54 Å². The van der Waals surface area contributed by atoms with Crippen molar-refractivity contribution in [1.82, 2.24) is 25.1 Å². The van der Waals surface area contributed by atoms with E-state index in [9.17, 15) is 14.9 Å². The molecule has 4 rings (SSSR count). The summed E-state index contributed by atoms with van der Waals surface area (Å²) >= 11 is 5.99. The number of piperazine rings is 1. The molecular formula is C19H18ClN7O3. The SMILES string of the molecule is O=C(Cn1nnc(-c2cccc(Cl)c2)n1)N1CCN(c2ccccc2[N+](=O)[O-])CC1. The van der Waals surface area contributed by atoms with Crippen LogP contribution < -0.4 is 4.90 Å². The predicted octanol–water partition coefficient (Wildman–Crippen LogP) is 2.25. The highest BCUT2D eigenvalue weighted by atomic mass is 35.5. The third-order valence-corrected chi connectivity index (χ3v) is 5.10. The molecule has 0 radical (unpaired) electrons. The summed E-state index contributed by atoms with van der Waals surface area (Å²) in [5, 5.41) is 24.0. The zero-order chi connectivity index (χ0) is 21.1. The third kappa shape index (κ3) is 4.23. The summed E-state index contributed by atoms with van der Waals surface area (Å²) in [5.41, 5.74) is 1.36. The van der Waals surface area contributed by atoms with Crippen LogP contribution in [0.15, 0.2) is 48.5 Å². The number of nitrogens with zero attached hydrogens (tertiary/aromatic N) is 7. The molecule has 1 fully saturated rings. The minimum absolute atomic E-state index is 0.0287. The van der Waals surface area contributed by atoms with Gasteiger partial charge in [0.05, 0.1) is 4.92 Å². The van der Waals surface area contributed by atoms with Crippen LogP contribution in [-0.4, -0.2) is 62.1 Å². The minimum Gasteiger partial charge on any atom is -0.362 e. The average Bonchev–Trinajstić information content (AvgIpc) is 3.22. The van der Waals surface area contributed by atoms with Crippen LogP contribution >= 0.6 is 11.6 Å². The zero-order valence-electron chi connectivity index (χ0n) is 15.9. The number of carbonyl (C=O) groups is 1. The van der Waals surface area contributed by atoms with Gasteiger partial charge in [0.1, 0.15) is 12.2 Å². The Balaban J connectivity index is 1.37. The molecule has 30 heavy (non-hydrogen) atoms. The Labute approximate surface area is 176 Å². The van der Waals surface area contributed by atoms with Crippen molar-refractivity contribution in [3.8, 4) is 11.4 Å². The predicted molar refractivity (Wildman–Crippen MR) is 110 cm³/mol. The summed E-state index contributed by atoms with van der Waals surface area (Å²) < 4.78 is 0. The van der Waals surface area contributed by atoms with Crippen LogP contribution in [0.5, 0.6) is 0 Å². The smallest absolute Gasteiger partial charge is 0.292 e. The van der Waals surface area contributed by atoms with Crippen LogP contribution in [0.4, 0.5) is 11.4 Å². The first kappa shape index (κ1) is 19.8. The van der Waals surface area contributed by atoms with Gasteiger partial charge in [-0.15, -0.1) is 10.2 Å². The molecule has 1 aromatic heterocycles. The number of para-hydroxylation sites is 2. The third-order valence-electron chi connectivity index (χ3n) is 4.86. The van der Waals surface area contributed by atoms with Crippen molar-refractivity contribution in [2.24, 2.45) is 0 Å². The van der Waals surface area contributed by atoms with Crippen molar-refractivity contribution < 1.29 is 9.72 Å². The first-order valence-corrected chi connectivity index (χ1v) is 9.69. The summed E-state index contributed by atoms with van der Waals surface area (Å²) in [6, 6.07) is 13.7. The molecule has 1 saturated heterocycles. The summed E-state index contributed by atoms with van der Waals surface area (Å²) in [5.74, 6) is 0.263. The zero-order valence-corrected chi connectivity index (χ0v) is 16.6. The molecule has 2 heterocycles. The van der Waals surface area contributed by atoms with E-state index in [1.165, 1.54) is 10.9 Å². The standard InChI is InChI=1S/C19H18ClN7O3/c20-15-5-3-4-14(12-15)19-21-23-26(22-19)13-18(28)25-10-8-24(9-11-25)16-6-1-2-7-17(16)27(29)30/h1-7,12H,8-11,13H2. The molecule has 11 heteroatoms. The van der Waals surface area contributed by atoms with Gasteiger partial charge in [0.2, 0.25) is 11.7 Å². The van der Waals surface area contributed by atoms with Crippen LogP contribution in [-0.2, 0) is 11.3 Å². The Morgan fingerprint density at radius 3 is 2.60 bits per heavy atom. The van der Waals surface area contributed by atoms with E-state index in [0.29, 0.717) is 42.7 Å². The molecule has 3 aromatic rings. The second-order valence-corrected chi connectivity index (χ2v) is 7.20. The summed E-state index contributed by atoms with van der Waals surface area (Å²) in [4.78, 5) is 28.4. The Morgan fingerprint density at radius 2 is 1.87 bits per heavy atom. The average molecular weight is 428 g/mol. The molecule has 0 bridgehead atoms. The topological polar surface area (TPSA) is 110 Å². The highest BCUT2D eigenvalue weighted by molar-refractivity contribution is 6.30. The Morgan fingerprint density at radius 1 is 1.10 bits per heavy atom. The van der Waals surface area contributed by atoms with Gasteiger partial charge in [0.25, 0.3) is 5.69 Å². The van der Waals surface area contributed by atoms with Gasteiger partial charge in [-0.25, -0.2) is 0 Å². The van der Waals surface area contributed by atoms with Gasteiger partial charge in [-0.3, -0.25) is 14.9 Å². The number of carbonyl (C=O) groups excluding carboxylic acids is 1. The Kier molecular flexibility index (Phi) is 5.57. The summed E-state index contributed by atoms with van der Waals surface area (Å²) in [6.07, 6.45) is 0. The summed E-state index contributed by atoms with van der Waals surface area (Å²) in [6.45, 7) is 1.91. The van der Waals surface area contributed by atoms with E-state index in [0.717, 1.165) is 5.56 Å². The molecule has 0 saturated carbocycles. The van der Waals surface area contributed by atoms with Gasteiger partial charge in [0, 0.05) is 42.8 Å². The lowest BCUT2D eigenvalue weighted by atomic mass is 10.2. The van der Waals surface area contributed by atoms with Crippen molar-refractivity contribution in [1.29, 1.82) is 0 Å². The molecule has 10 nitrogen and oxygen atoms in total. The van der Waals surface area contributed by atoms with Crippen LogP contribution in [0.1, 0.15) is 0 Å². The molecule has 0 unspecified atom stereocenters. The fourth-order valence-corrected chi connectivity index (χ4v) is 3.55. The van der Waals surface area contributed by atoms with Crippen LogP contribution in [0, 0.1) is 10.1 Å². The van der Waals surface area contributed by atoms with Crippen molar-refractivity contribution in [2.75, 3.05) is 31.1 Å². The summed E-state index contributed by atoms with van der Waals surface area (Å²) in [7, 11) is 0. The fourth-order valence-electron chi connectivity index (χ4n) is 3.36. The van der Waals surface area contributed by atoms with Gasteiger partial charge in [0.15, 0.2) is 0 Å². The van der Waals surface area contributed by atoms with Crippen molar-refractivity contribution >= 4 is 28.9 Å². The van der Waals surface area contributed by atoms with E-state index in [4.69, 9.17) is 11.6 Å². The normalized spacial score (nSPS) is 14.0. The van der Waals surface area contributed by atoms with E-state index in [-0.39, 0.29) is 23.1 Å². The molecule has 1 aliphatic rings. The van der Waals surface area contributed by atoms with E-state index in [2.05, 4.69) is 15.4 Å². The fraction of sp³-hybridized carbons (Fsp3) is 0.263. The molecule has 154 valence electrons. The number of aromatic nitrogens is 4. The number of amides is 1. The second-order valence-electron chi connectivity index (χ2n) is 6.77. The number of rotatable bonds is 5. The Bertz CT molecular complexity index is 1080. The molecule has 0 N–H and O–H groups in total.